The van der Waals surface area contributed by atoms with Crippen molar-refractivity contribution in [2.45, 2.75) is 19.4 Å². The first-order valence-electron chi connectivity index (χ1n) is 12.1. The Kier molecular flexibility index (Phi) is 9.69. The monoisotopic (exact) mass is 722 g/mol. The summed E-state index contributed by atoms with van der Waals surface area (Å²) in [6, 6.07) is 15.4. The Morgan fingerprint density at radius 3 is 2.02 bits per heavy atom. The van der Waals surface area contributed by atoms with Crippen LogP contribution in [0.25, 0.3) is 16.7 Å². The van der Waals surface area contributed by atoms with Crippen molar-refractivity contribution in [2.75, 3.05) is 7.05 Å². The Morgan fingerprint density at radius 2 is 1.44 bits per heavy atom. The minimum atomic E-state index is -4.35. The van der Waals surface area contributed by atoms with Crippen molar-refractivity contribution < 1.29 is 27.5 Å². The summed E-state index contributed by atoms with van der Waals surface area (Å²) in [5, 5.41) is 0.437. The number of nitrogens with zero attached hydrogens (tertiary/aromatic N) is 2. The second-order valence-electron chi connectivity index (χ2n) is 9.28. The van der Waals surface area contributed by atoms with Crippen LogP contribution < -0.4 is 0 Å². The van der Waals surface area contributed by atoms with Crippen molar-refractivity contribution in [3.05, 3.63) is 96.0 Å². The number of hydrogen-bond donors (Lipinski definition) is 0. The molecule has 0 bridgehead atoms. The van der Waals surface area contributed by atoms with E-state index in [0.717, 1.165) is 3.97 Å². The van der Waals surface area contributed by atoms with Crippen LogP contribution in [0.5, 0.6) is 0 Å². The number of ketones is 2. The number of benzene rings is 2. The second kappa shape index (κ2) is 12.5. The number of hydrogen-bond acceptors (Lipinski definition) is 7. The molecule has 0 aliphatic carbocycles. The molecule has 0 saturated carbocycles. The van der Waals surface area contributed by atoms with Crippen molar-refractivity contribution in [1.29, 1.82) is 0 Å². The molecule has 3 aromatic rings. The summed E-state index contributed by atoms with van der Waals surface area (Å²) in [5.74, 6) is -4.61. The number of carbonyl (C=O) groups excluding carboxylic acids is 3. The van der Waals surface area contributed by atoms with Gasteiger partial charge >= 0.3 is 5.97 Å². The first kappa shape index (κ1) is 33.4. The van der Waals surface area contributed by atoms with Gasteiger partial charge in [0.05, 0.1) is 10.4 Å². The summed E-state index contributed by atoms with van der Waals surface area (Å²) in [7, 11) is -2.81. The van der Waals surface area contributed by atoms with E-state index in [-0.39, 0.29) is 27.3 Å². The molecule has 2 heterocycles. The van der Waals surface area contributed by atoms with Gasteiger partial charge in [0.15, 0.2) is 11.5 Å². The molecule has 1 aromatic heterocycles. The molecule has 1 aliphatic rings. The van der Waals surface area contributed by atoms with Crippen LogP contribution in [0, 0.1) is 5.92 Å². The number of ether oxygens (including phenoxy) is 1. The number of rotatable bonds is 7. The molecule has 1 aliphatic heterocycles. The average Bonchev–Trinajstić information content (AvgIpc) is 3.32. The molecule has 0 spiro atoms. The Labute approximate surface area is 277 Å². The Morgan fingerprint density at radius 1 is 0.860 bits per heavy atom. The van der Waals surface area contributed by atoms with E-state index < -0.39 is 46.8 Å². The van der Waals surface area contributed by atoms with Crippen molar-refractivity contribution in [3.63, 3.8) is 0 Å². The van der Waals surface area contributed by atoms with Crippen LogP contribution in [0.3, 0.4) is 0 Å². The number of aromatic nitrogens is 1. The van der Waals surface area contributed by atoms with E-state index in [2.05, 4.69) is 0 Å². The van der Waals surface area contributed by atoms with Crippen LogP contribution in [0.15, 0.2) is 95.2 Å². The predicted octanol–water partition coefficient (Wildman–Crippen LogP) is 6.99. The van der Waals surface area contributed by atoms with Gasteiger partial charge in [-0.15, -0.1) is 0 Å². The summed E-state index contributed by atoms with van der Waals surface area (Å²) in [4.78, 5) is 40.3. The lowest BCUT2D eigenvalue weighted by molar-refractivity contribution is -0.135. The lowest BCUT2D eigenvalue weighted by atomic mass is 9.84. The molecule has 15 heteroatoms. The van der Waals surface area contributed by atoms with E-state index in [1.807, 2.05) is 0 Å². The highest BCUT2D eigenvalue weighted by Gasteiger charge is 2.41. The summed E-state index contributed by atoms with van der Waals surface area (Å²) in [5.41, 5.74) is -0.115. The maximum atomic E-state index is 14.1. The number of carbonyl (C=O) groups is 3. The van der Waals surface area contributed by atoms with Crippen LogP contribution in [-0.2, 0) is 29.1 Å². The quantitative estimate of drug-likeness (QED) is 0.147. The van der Waals surface area contributed by atoms with Crippen LogP contribution in [0.4, 0.5) is 0 Å². The highest BCUT2D eigenvalue weighted by molar-refractivity contribution is 7.90. The lowest BCUT2D eigenvalue weighted by Crippen LogP contribution is -2.31. The zero-order valence-electron chi connectivity index (χ0n) is 22.1. The van der Waals surface area contributed by atoms with Crippen LogP contribution in [0.2, 0.25) is 0 Å². The molecule has 1 unspecified atom stereocenters. The summed E-state index contributed by atoms with van der Waals surface area (Å²) in [6.07, 6.45) is 3.91. The molecule has 0 saturated heterocycles. The molecule has 0 fully saturated rings. The number of Topliss-reactive ketones (excluding diaryl/α,β-unsaturated/α-hetero) is 2. The molecular weight excluding hydrogens is 705 g/mol. The minimum Gasteiger partial charge on any atom is -0.421 e. The zero-order valence-corrected chi connectivity index (χ0v) is 27.5. The number of esters is 1. The standard InChI is InChI=1S/C28H20Cl6N2O6S/c1-16(37)20-14-35(2)15-21(25(38)27(29,30)31)19(20)13-24(42-26(39)28(32,33)34)23-12-17-8-6-7-11-22(17)36(23)43(40,41)18-9-4-3-5-10-18/h3-15,19H,1-2H3/b24-13+. The zero-order chi connectivity index (χ0) is 31.9. The molecule has 226 valence electrons. The summed E-state index contributed by atoms with van der Waals surface area (Å²) in [6.45, 7) is 1.24. The SMILES string of the molecule is CC(=O)C1=CN(C)C=C(C(=O)C(Cl)(Cl)Cl)C1/C=C(/OC(=O)C(Cl)(Cl)Cl)c1cc2ccccc2n1S(=O)(=O)c1ccccc1. The van der Waals surface area contributed by atoms with Gasteiger partial charge in [-0.1, -0.05) is 106 Å². The molecule has 8 nitrogen and oxygen atoms in total. The maximum absolute atomic E-state index is 14.1. The minimum absolute atomic E-state index is 0.0265. The Hall–Kier alpha value is -2.50. The second-order valence-corrected chi connectivity index (χ2v) is 15.6. The number of halogens is 6. The van der Waals surface area contributed by atoms with Crippen molar-refractivity contribution in [2.24, 2.45) is 5.92 Å². The fourth-order valence-electron chi connectivity index (χ4n) is 4.40. The fraction of sp³-hybridized carbons (Fsp3) is 0.179. The first-order valence-corrected chi connectivity index (χ1v) is 15.8. The molecule has 43 heavy (non-hydrogen) atoms. The van der Waals surface area contributed by atoms with Gasteiger partial charge < -0.3 is 9.64 Å². The third-order valence-electron chi connectivity index (χ3n) is 6.23. The largest absolute Gasteiger partial charge is 0.421 e. The van der Waals surface area contributed by atoms with E-state index in [1.165, 1.54) is 48.5 Å². The molecular formula is C28H20Cl6N2O6S. The van der Waals surface area contributed by atoms with E-state index in [4.69, 9.17) is 74.3 Å². The molecule has 0 N–H and O–H groups in total. The highest BCUT2D eigenvalue weighted by Crippen LogP contribution is 2.40. The normalized spacial score (nSPS) is 16.5. The fourth-order valence-corrected chi connectivity index (χ4v) is 6.38. The van der Waals surface area contributed by atoms with Crippen molar-refractivity contribution in [3.8, 4) is 0 Å². The van der Waals surface area contributed by atoms with Crippen LogP contribution in [0.1, 0.15) is 12.6 Å². The van der Waals surface area contributed by atoms with E-state index in [0.29, 0.717) is 5.39 Å². The van der Waals surface area contributed by atoms with Gasteiger partial charge in [-0.3, -0.25) is 9.59 Å². The van der Waals surface area contributed by atoms with Crippen molar-refractivity contribution in [1.82, 2.24) is 8.87 Å². The average molecular weight is 725 g/mol. The third kappa shape index (κ3) is 7.09. The molecule has 0 amide bonds. The smallest absolute Gasteiger partial charge is 0.363 e. The van der Waals surface area contributed by atoms with Gasteiger partial charge in [-0.25, -0.2) is 17.2 Å². The number of alkyl halides is 6. The van der Waals surface area contributed by atoms with Gasteiger partial charge in [-0.2, -0.15) is 0 Å². The van der Waals surface area contributed by atoms with E-state index in [1.54, 1.807) is 49.5 Å². The summed E-state index contributed by atoms with van der Waals surface area (Å²) >= 11 is 35.3. The number of fused-ring (bicyclic) bond motifs is 1. The molecule has 0 radical (unpaired) electrons. The van der Waals surface area contributed by atoms with Gasteiger partial charge in [-0.05, 0) is 37.3 Å². The van der Waals surface area contributed by atoms with Gasteiger partial charge in [0, 0.05) is 41.9 Å². The Balaban J connectivity index is 2.08. The van der Waals surface area contributed by atoms with Crippen LogP contribution >= 0.6 is 69.6 Å². The maximum Gasteiger partial charge on any atom is 0.363 e. The van der Waals surface area contributed by atoms with E-state index in [9.17, 15) is 22.8 Å². The predicted molar refractivity (Wildman–Crippen MR) is 169 cm³/mol. The third-order valence-corrected chi connectivity index (χ3v) is 8.95. The van der Waals surface area contributed by atoms with Gasteiger partial charge in [0.2, 0.25) is 5.78 Å². The summed E-state index contributed by atoms with van der Waals surface area (Å²) < 4.78 is 29.6. The Bertz CT molecular complexity index is 1820. The van der Waals surface area contributed by atoms with Gasteiger partial charge in [0.1, 0.15) is 5.69 Å². The lowest BCUT2D eigenvalue weighted by Gasteiger charge is -2.28. The number of allylic oxidation sites excluding steroid dienone is 3. The highest BCUT2D eigenvalue weighted by atomic mass is 35.6. The number of para-hydroxylation sites is 1. The first-order chi connectivity index (χ1) is 19.9. The van der Waals surface area contributed by atoms with Crippen LogP contribution in [-0.4, -0.2) is 49.5 Å². The van der Waals surface area contributed by atoms with E-state index >= 15 is 0 Å². The van der Waals surface area contributed by atoms with Gasteiger partial charge in [0.25, 0.3) is 17.6 Å². The molecule has 1 atom stereocenters. The molecule has 4 rings (SSSR count). The topological polar surface area (TPSA) is 103 Å². The van der Waals surface area contributed by atoms with Crippen molar-refractivity contribution >= 4 is 114 Å². The molecule has 2 aromatic carbocycles.